The molecule has 1 unspecified atom stereocenters. The number of carbonyl (C=O) groups excluding carboxylic acids is 1. The maximum atomic E-state index is 11.9. The predicted octanol–water partition coefficient (Wildman–Crippen LogP) is 0.201. The number of hydrogen-bond donors (Lipinski definition) is 2. The highest BCUT2D eigenvalue weighted by Gasteiger charge is 2.32. The van der Waals surface area contributed by atoms with Gasteiger partial charge in [0.15, 0.2) is 0 Å². The van der Waals surface area contributed by atoms with Crippen LogP contribution in [0.1, 0.15) is 20.3 Å². The summed E-state index contributed by atoms with van der Waals surface area (Å²) in [7, 11) is 0. The molecule has 0 aromatic heterocycles. The molecule has 84 valence electrons. The Morgan fingerprint density at radius 3 is 2.73 bits per heavy atom. The largest absolute Gasteiger partial charge is 0.379 e. The molecule has 0 saturated carbocycles. The molecule has 0 bridgehead atoms. The summed E-state index contributed by atoms with van der Waals surface area (Å²) in [6.45, 7) is 7.01. The Balaban J connectivity index is 1.97. The van der Waals surface area contributed by atoms with Crippen molar-refractivity contribution in [1.82, 2.24) is 10.6 Å². The summed E-state index contributed by atoms with van der Waals surface area (Å²) in [5.74, 6) is 0.0551. The summed E-state index contributed by atoms with van der Waals surface area (Å²) >= 11 is 0. The maximum Gasteiger partial charge on any atom is 0.247 e. The van der Waals surface area contributed by atoms with Gasteiger partial charge in [0, 0.05) is 25.3 Å². The van der Waals surface area contributed by atoms with Gasteiger partial charge in [0.05, 0.1) is 12.1 Å². The average molecular weight is 210 g/mol. The molecule has 15 heavy (non-hydrogen) atoms. The zero-order chi connectivity index (χ0) is 10.9. The third-order valence-corrected chi connectivity index (χ3v) is 3.18. The molecule has 0 radical (unpaired) electrons. The van der Waals surface area contributed by atoms with Crippen LogP contribution in [0.5, 0.6) is 0 Å². The molecule has 2 saturated heterocycles. The first-order valence-corrected chi connectivity index (χ1v) is 5.40. The molecule has 4 heteroatoms. The topological polar surface area (TPSA) is 50.4 Å². The van der Waals surface area contributed by atoms with Crippen LogP contribution in [0.3, 0.4) is 0 Å². The number of amides is 1. The summed E-state index contributed by atoms with van der Waals surface area (Å²) in [5.41, 5.74) is 1.91. The van der Waals surface area contributed by atoms with Gasteiger partial charge < -0.3 is 15.4 Å². The second-order valence-corrected chi connectivity index (χ2v) is 4.65. The van der Waals surface area contributed by atoms with E-state index >= 15 is 0 Å². The number of hydrogen-bond acceptors (Lipinski definition) is 3. The van der Waals surface area contributed by atoms with Crippen molar-refractivity contribution in [3.63, 3.8) is 0 Å². The Hall–Kier alpha value is -0.870. The minimum Gasteiger partial charge on any atom is -0.379 e. The Kier molecular flexibility index (Phi) is 2.80. The fourth-order valence-corrected chi connectivity index (χ4v) is 1.81. The molecule has 2 aliphatic heterocycles. The zero-order valence-corrected chi connectivity index (χ0v) is 9.35. The molecule has 2 N–H and O–H groups in total. The van der Waals surface area contributed by atoms with Gasteiger partial charge in [-0.2, -0.15) is 0 Å². The highest BCUT2D eigenvalue weighted by atomic mass is 16.5. The summed E-state index contributed by atoms with van der Waals surface area (Å²) < 4.78 is 5.30. The number of ether oxygens (including phenoxy) is 1. The molecule has 2 heterocycles. The van der Waals surface area contributed by atoms with Gasteiger partial charge in [-0.3, -0.25) is 4.79 Å². The molecule has 0 aliphatic carbocycles. The summed E-state index contributed by atoms with van der Waals surface area (Å²) in [5, 5.41) is 6.19. The number of rotatable bonds is 2. The van der Waals surface area contributed by atoms with E-state index in [1.807, 2.05) is 13.8 Å². The van der Waals surface area contributed by atoms with Crippen LogP contribution in [-0.2, 0) is 9.53 Å². The van der Waals surface area contributed by atoms with Gasteiger partial charge in [-0.25, -0.2) is 0 Å². The van der Waals surface area contributed by atoms with Crippen LogP contribution in [0.2, 0.25) is 0 Å². The van der Waals surface area contributed by atoms with Crippen molar-refractivity contribution in [2.45, 2.75) is 25.8 Å². The lowest BCUT2D eigenvalue weighted by Gasteiger charge is -2.26. The second kappa shape index (κ2) is 3.94. The van der Waals surface area contributed by atoms with Gasteiger partial charge in [0.2, 0.25) is 5.91 Å². The Morgan fingerprint density at radius 2 is 2.27 bits per heavy atom. The van der Waals surface area contributed by atoms with Gasteiger partial charge >= 0.3 is 0 Å². The number of nitrogens with one attached hydrogen (secondary N) is 2. The highest BCUT2D eigenvalue weighted by molar-refractivity contribution is 5.94. The van der Waals surface area contributed by atoms with Crippen LogP contribution in [0.4, 0.5) is 0 Å². The standard InChI is InChI=1S/C11H18N2O2/c1-8(9-5-12-6-9)10(14)13-11(2)3-4-15-7-11/h12H,3-7H2,1-2H3,(H,13,14). The molecule has 1 atom stereocenters. The molecular weight excluding hydrogens is 192 g/mol. The lowest BCUT2D eigenvalue weighted by atomic mass is 9.99. The SMILES string of the molecule is CC(C(=O)NC1(C)CCOC1)=C1CNC1. The van der Waals surface area contributed by atoms with Gasteiger partial charge in [0.25, 0.3) is 0 Å². The Morgan fingerprint density at radius 1 is 1.53 bits per heavy atom. The molecule has 4 nitrogen and oxygen atoms in total. The quantitative estimate of drug-likeness (QED) is 0.640. The van der Waals surface area contributed by atoms with E-state index in [-0.39, 0.29) is 11.4 Å². The summed E-state index contributed by atoms with van der Waals surface area (Å²) in [6.07, 6.45) is 0.902. The van der Waals surface area contributed by atoms with Crippen LogP contribution >= 0.6 is 0 Å². The lowest BCUT2D eigenvalue weighted by molar-refractivity contribution is -0.119. The van der Waals surface area contributed by atoms with E-state index in [2.05, 4.69) is 10.6 Å². The van der Waals surface area contributed by atoms with E-state index in [1.165, 1.54) is 5.57 Å². The van der Waals surface area contributed by atoms with Gasteiger partial charge in [-0.15, -0.1) is 0 Å². The predicted molar refractivity (Wildman–Crippen MR) is 57.6 cm³/mol. The zero-order valence-electron chi connectivity index (χ0n) is 9.35. The van der Waals surface area contributed by atoms with Gasteiger partial charge in [-0.1, -0.05) is 0 Å². The van der Waals surface area contributed by atoms with Crippen LogP contribution in [0.25, 0.3) is 0 Å². The molecule has 2 fully saturated rings. The van der Waals surface area contributed by atoms with Crippen LogP contribution in [0.15, 0.2) is 11.1 Å². The molecule has 2 rings (SSSR count). The van der Waals surface area contributed by atoms with E-state index in [4.69, 9.17) is 4.74 Å². The molecule has 1 amide bonds. The van der Waals surface area contributed by atoms with Crippen molar-refractivity contribution in [2.24, 2.45) is 0 Å². The van der Waals surface area contributed by atoms with Crippen LogP contribution in [-0.4, -0.2) is 37.7 Å². The Bertz CT molecular complexity index is 298. The van der Waals surface area contributed by atoms with Crippen molar-refractivity contribution in [3.8, 4) is 0 Å². The molecule has 2 aliphatic rings. The van der Waals surface area contributed by atoms with Crippen molar-refractivity contribution in [2.75, 3.05) is 26.3 Å². The minimum atomic E-state index is -0.171. The van der Waals surface area contributed by atoms with E-state index in [0.717, 1.165) is 31.7 Å². The third kappa shape index (κ3) is 2.21. The molecular formula is C11H18N2O2. The molecule has 0 aromatic carbocycles. The van der Waals surface area contributed by atoms with E-state index in [0.29, 0.717) is 6.61 Å². The van der Waals surface area contributed by atoms with Crippen molar-refractivity contribution in [3.05, 3.63) is 11.1 Å². The normalized spacial score (nSPS) is 29.9. The molecule has 0 spiro atoms. The van der Waals surface area contributed by atoms with Gasteiger partial charge in [0.1, 0.15) is 0 Å². The fraction of sp³-hybridized carbons (Fsp3) is 0.727. The summed E-state index contributed by atoms with van der Waals surface area (Å²) in [4.78, 5) is 11.9. The third-order valence-electron chi connectivity index (χ3n) is 3.18. The monoisotopic (exact) mass is 210 g/mol. The van der Waals surface area contributed by atoms with Crippen molar-refractivity contribution < 1.29 is 9.53 Å². The van der Waals surface area contributed by atoms with Crippen molar-refractivity contribution >= 4 is 5.91 Å². The smallest absolute Gasteiger partial charge is 0.247 e. The Labute approximate surface area is 90.1 Å². The number of carbonyl (C=O) groups is 1. The van der Waals surface area contributed by atoms with E-state index in [9.17, 15) is 4.79 Å². The van der Waals surface area contributed by atoms with E-state index in [1.54, 1.807) is 0 Å². The van der Waals surface area contributed by atoms with Crippen LogP contribution in [0, 0.1) is 0 Å². The first-order chi connectivity index (χ1) is 7.11. The maximum absolute atomic E-state index is 11.9. The van der Waals surface area contributed by atoms with Crippen LogP contribution < -0.4 is 10.6 Å². The summed E-state index contributed by atoms with van der Waals surface area (Å²) in [6, 6.07) is 0. The fourth-order valence-electron chi connectivity index (χ4n) is 1.81. The van der Waals surface area contributed by atoms with E-state index < -0.39 is 0 Å². The average Bonchev–Trinajstić information content (AvgIpc) is 2.48. The molecule has 0 aromatic rings. The first kappa shape index (κ1) is 10.6. The second-order valence-electron chi connectivity index (χ2n) is 4.65. The first-order valence-electron chi connectivity index (χ1n) is 5.40. The van der Waals surface area contributed by atoms with Crippen molar-refractivity contribution in [1.29, 1.82) is 0 Å². The van der Waals surface area contributed by atoms with Gasteiger partial charge in [-0.05, 0) is 25.8 Å². The highest BCUT2D eigenvalue weighted by Crippen LogP contribution is 2.19. The minimum absolute atomic E-state index is 0.0551. The lowest BCUT2D eigenvalue weighted by Crippen LogP contribution is -2.48.